The van der Waals surface area contributed by atoms with Crippen molar-refractivity contribution in [2.75, 3.05) is 19.6 Å². The van der Waals surface area contributed by atoms with Gasteiger partial charge in [0.1, 0.15) is 0 Å². The smallest absolute Gasteiger partial charge is 0.303 e. The van der Waals surface area contributed by atoms with E-state index < -0.39 is 11.9 Å². The number of allylic oxidation sites excluding steroid dienone is 1. The van der Waals surface area contributed by atoms with E-state index in [1.165, 1.54) is 0 Å². The van der Waals surface area contributed by atoms with E-state index >= 15 is 0 Å². The van der Waals surface area contributed by atoms with Crippen molar-refractivity contribution in [1.29, 1.82) is 0 Å². The van der Waals surface area contributed by atoms with Crippen LogP contribution in [0.25, 0.3) is 0 Å². The summed E-state index contributed by atoms with van der Waals surface area (Å²) < 4.78 is 28.0. The number of carbonyl (C=O) groups is 1. The van der Waals surface area contributed by atoms with E-state index in [-0.39, 0.29) is 30.9 Å². The second kappa shape index (κ2) is 6.09. The fourth-order valence-electron chi connectivity index (χ4n) is 4.79. The molecule has 5 aliphatic rings. The first-order chi connectivity index (χ1) is 12.3. The molecule has 3 saturated heterocycles. The van der Waals surface area contributed by atoms with Gasteiger partial charge in [0.05, 0.1) is 5.70 Å². The number of hydrogen-bond acceptors (Lipinski definition) is 4. The molecule has 1 saturated carbocycles. The summed E-state index contributed by atoms with van der Waals surface area (Å²) in [5, 5.41) is 15.7. The van der Waals surface area contributed by atoms with Crippen LogP contribution in [0.2, 0.25) is 0 Å². The number of amidine groups is 1. The highest BCUT2D eigenvalue weighted by atomic mass is 19.3. The van der Waals surface area contributed by atoms with E-state index in [2.05, 4.69) is 11.8 Å². The van der Waals surface area contributed by atoms with Crippen molar-refractivity contribution in [3.63, 3.8) is 0 Å². The maximum atomic E-state index is 14.0. The summed E-state index contributed by atoms with van der Waals surface area (Å²) in [7, 11) is 0. The van der Waals surface area contributed by atoms with Crippen LogP contribution in [-0.2, 0) is 4.79 Å². The van der Waals surface area contributed by atoms with Crippen molar-refractivity contribution in [1.82, 2.24) is 9.91 Å². The Balaban J connectivity index is 1.58. The Kier molecular flexibility index (Phi) is 4.11. The zero-order valence-corrected chi connectivity index (χ0v) is 15.0. The second-order valence-electron chi connectivity index (χ2n) is 8.24. The monoisotopic (exact) mass is 368 g/mol. The van der Waals surface area contributed by atoms with Gasteiger partial charge < -0.3 is 15.7 Å². The summed E-state index contributed by atoms with van der Waals surface area (Å²) in [5.74, 6) is -2.33. The standard InChI is InChI=1S/C18H26F2N4O2/c1-10-3-5-24(10)22-17(13-2-4-18(19,20)16(13)21)23-8-11-6-12(9-23)14(11)7-15(25)26/h10-12,14H,2-9,21H2,1H3,(H,25,26). The molecule has 3 heterocycles. The Morgan fingerprint density at radius 3 is 2.54 bits per heavy atom. The summed E-state index contributed by atoms with van der Waals surface area (Å²) in [4.78, 5) is 13.1. The van der Waals surface area contributed by atoms with E-state index in [0.29, 0.717) is 42.4 Å². The second-order valence-corrected chi connectivity index (χ2v) is 8.24. The summed E-state index contributed by atoms with van der Waals surface area (Å²) in [6.45, 7) is 4.26. The molecule has 5 rings (SSSR count). The number of nitrogens with zero attached hydrogens (tertiary/aromatic N) is 3. The number of carboxylic acids is 1. The van der Waals surface area contributed by atoms with Gasteiger partial charge in [-0.15, -0.1) is 0 Å². The van der Waals surface area contributed by atoms with Crippen molar-refractivity contribution < 1.29 is 18.7 Å². The van der Waals surface area contributed by atoms with Crippen molar-refractivity contribution in [2.24, 2.45) is 28.6 Å². The maximum Gasteiger partial charge on any atom is 0.303 e. The number of halogens is 2. The number of carboxylic acid groups (broad SMARTS) is 1. The minimum atomic E-state index is -2.96. The SMILES string of the molecule is CC1CCN1N=C(C1=C(N)C(F)(F)CC1)N1CC2CC(C1)C2CC(=O)O. The Morgan fingerprint density at radius 1 is 1.38 bits per heavy atom. The first-order valence-corrected chi connectivity index (χ1v) is 9.45. The molecule has 3 unspecified atom stereocenters. The fourth-order valence-corrected chi connectivity index (χ4v) is 4.79. The molecule has 6 nitrogen and oxygen atoms in total. The molecule has 0 aromatic rings. The predicted octanol–water partition coefficient (Wildman–Crippen LogP) is 2.08. The molecular weight excluding hydrogens is 342 g/mol. The van der Waals surface area contributed by atoms with Gasteiger partial charge in [-0.25, -0.2) is 0 Å². The van der Waals surface area contributed by atoms with Crippen molar-refractivity contribution >= 4 is 11.8 Å². The molecular formula is C18H26F2N4O2. The Labute approximate surface area is 151 Å². The van der Waals surface area contributed by atoms with Crippen molar-refractivity contribution in [3.8, 4) is 0 Å². The van der Waals surface area contributed by atoms with Gasteiger partial charge in [0.25, 0.3) is 5.92 Å². The van der Waals surface area contributed by atoms with Gasteiger partial charge in [-0.2, -0.15) is 13.9 Å². The number of hydrazone groups is 1. The van der Waals surface area contributed by atoms with Crippen molar-refractivity contribution in [3.05, 3.63) is 11.3 Å². The van der Waals surface area contributed by atoms with Gasteiger partial charge in [0.2, 0.25) is 0 Å². The minimum absolute atomic E-state index is 0.196. The van der Waals surface area contributed by atoms with Crippen LogP contribution in [0.15, 0.2) is 16.4 Å². The number of nitrogens with two attached hydrogens (primary N) is 1. The molecule has 0 aromatic heterocycles. The molecule has 0 radical (unpaired) electrons. The number of fused-ring (bicyclic) bond motifs is 2. The van der Waals surface area contributed by atoms with Crippen LogP contribution in [0.3, 0.4) is 0 Å². The molecule has 2 bridgehead atoms. The largest absolute Gasteiger partial charge is 0.481 e. The molecule has 8 heteroatoms. The average molecular weight is 368 g/mol. The van der Waals surface area contributed by atoms with Crippen LogP contribution in [0, 0.1) is 17.8 Å². The van der Waals surface area contributed by atoms with Crippen LogP contribution in [0.5, 0.6) is 0 Å². The Morgan fingerprint density at radius 2 is 2.08 bits per heavy atom. The van der Waals surface area contributed by atoms with E-state index in [1.807, 2.05) is 5.01 Å². The third kappa shape index (κ3) is 2.83. The molecule has 2 aliphatic carbocycles. The Hall–Kier alpha value is -1.86. The van der Waals surface area contributed by atoms with E-state index in [1.54, 1.807) is 0 Å². The topological polar surface area (TPSA) is 82.2 Å². The van der Waals surface area contributed by atoms with Crippen LogP contribution in [0.1, 0.15) is 39.0 Å². The summed E-state index contributed by atoms with van der Waals surface area (Å²) in [6.07, 6.45) is 2.25. The fraction of sp³-hybridized carbons (Fsp3) is 0.778. The molecule has 0 amide bonds. The van der Waals surface area contributed by atoms with Gasteiger partial charge in [-0.05, 0) is 43.9 Å². The van der Waals surface area contributed by atoms with E-state index in [0.717, 1.165) is 19.4 Å². The third-order valence-corrected chi connectivity index (χ3v) is 6.62. The molecule has 0 spiro atoms. The number of alkyl halides is 2. The van der Waals surface area contributed by atoms with Gasteiger partial charge in [-0.1, -0.05) is 0 Å². The average Bonchev–Trinajstić information content (AvgIpc) is 2.86. The Bertz CT molecular complexity index is 666. The lowest BCUT2D eigenvalue weighted by molar-refractivity contribution is -0.142. The zero-order chi connectivity index (χ0) is 18.6. The van der Waals surface area contributed by atoms with Gasteiger partial charge >= 0.3 is 5.97 Å². The molecule has 3 atom stereocenters. The number of piperidine rings is 2. The van der Waals surface area contributed by atoms with Gasteiger partial charge in [-0.3, -0.25) is 9.80 Å². The summed E-state index contributed by atoms with van der Waals surface area (Å²) in [6, 6.07) is 0.313. The van der Waals surface area contributed by atoms with Gasteiger partial charge in [0.15, 0.2) is 5.84 Å². The first-order valence-electron chi connectivity index (χ1n) is 9.45. The summed E-state index contributed by atoms with van der Waals surface area (Å²) in [5.41, 5.74) is 5.93. The number of rotatable bonds is 4. The first kappa shape index (κ1) is 17.5. The molecule has 0 aromatic carbocycles. The van der Waals surface area contributed by atoms with E-state index in [4.69, 9.17) is 15.9 Å². The minimum Gasteiger partial charge on any atom is -0.481 e. The highest BCUT2D eigenvalue weighted by molar-refractivity contribution is 5.99. The van der Waals surface area contributed by atoms with Crippen LogP contribution in [0.4, 0.5) is 8.78 Å². The third-order valence-electron chi connectivity index (χ3n) is 6.62. The molecule has 26 heavy (non-hydrogen) atoms. The van der Waals surface area contributed by atoms with Gasteiger partial charge in [0, 0.05) is 44.1 Å². The molecule has 4 fully saturated rings. The maximum absolute atomic E-state index is 14.0. The highest BCUT2D eigenvalue weighted by Gasteiger charge is 2.50. The molecule has 144 valence electrons. The van der Waals surface area contributed by atoms with Crippen LogP contribution in [-0.4, -0.2) is 58.4 Å². The van der Waals surface area contributed by atoms with Crippen molar-refractivity contribution in [2.45, 2.75) is 51.0 Å². The van der Waals surface area contributed by atoms with E-state index in [9.17, 15) is 13.6 Å². The normalized spacial score (nSPS) is 36.0. The van der Waals surface area contributed by atoms with Crippen LogP contribution >= 0.6 is 0 Å². The number of hydrogen-bond donors (Lipinski definition) is 2. The zero-order valence-electron chi connectivity index (χ0n) is 15.0. The molecule has 3 aliphatic heterocycles. The lowest BCUT2D eigenvalue weighted by Crippen LogP contribution is -2.58. The lowest BCUT2D eigenvalue weighted by atomic mass is 9.60. The summed E-state index contributed by atoms with van der Waals surface area (Å²) >= 11 is 0. The van der Waals surface area contributed by atoms with Crippen LogP contribution < -0.4 is 5.73 Å². The predicted molar refractivity (Wildman–Crippen MR) is 92.5 cm³/mol. The highest BCUT2D eigenvalue weighted by Crippen LogP contribution is 2.48. The lowest BCUT2D eigenvalue weighted by Gasteiger charge is -2.54. The molecule has 3 N–H and O–H groups in total. The quantitative estimate of drug-likeness (QED) is 0.586. The number of aliphatic carboxylic acids is 1.